The number of nitrogens with one attached hydrogen (secondary N) is 1. The molecule has 1 aliphatic heterocycles. The van der Waals surface area contributed by atoms with Crippen molar-refractivity contribution < 1.29 is 37.5 Å². The molecular weight excluding hydrogens is 794 g/mol. The van der Waals surface area contributed by atoms with Gasteiger partial charge in [-0.15, -0.1) is 0 Å². The number of nitrogens with zero attached hydrogens (tertiary/aromatic N) is 2. The van der Waals surface area contributed by atoms with E-state index in [9.17, 15) is 14.4 Å². The van der Waals surface area contributed by atoms with Crippen molar-refractivity contribution in [3.8, 4) is 11.5 Å². The van der Waals surface area contributed by atoms with Crippen LogP contribution in [0.25, 0.3) is 0 Å². The largest absolute Gasteiger partial charge is 0.497 e. The Hall–Kier alpha value is -3.85. The van der Waals surface area contributed by atoms with Gasteiger partial charge >= 0.3 is 5.69 Å². The van der Waals surface area contributed by atoms with Crippen LogP contribution in [0.5, 0.6) is 11.5 Å². The Labute approximate surface area is 352 Å². The fourth-order valence-corrected chi connectivity index (χ4v) is 9.42. The summed E-state index contributed by atoms with van der Waals surface area (Å²) in [4.78, 5) is 39.8. The molecule has 0 radical (unpaired) electrons. The smallest absolute Gasteiger partial charge is 0.330 e. The van der Waals surface area contributed by atoms with Crippen LogP contribution in [0.1, 0.15) is 75.9 Å². The van der Waals surface area contributed by atoms with Crippen LogP contribution in [-0.2, 0) is 33.7 Å². The lowest BCUT2D eigenvalue weighted by Gasteiger charge is -2.39. The zero-order valence-electron chi connectivity index (χ0n) is 35.3. The van der Waals surface area contributed by atoms with Gasteiger partial charge in [-0.25, -0.2) is 9.46 Å². The Bertz CT molecular complexity index is 1970. The molecule has 59 heavy (non-hydrogen) atoms. The summed E-state index contributed by atoms with van der Waals surface area (Å²) in [6.07, 6.45) is 0.196. The molecular formula is C44H58N3O10PS. The van der Waals surface area contributed by atoms with Gasteiger partial charge < -0.3 is 32.7 Å². The lowest BCUT2D eigenvalue weighted by Crippen LogP contribution is -2.39. The van der Waals surface area contributed by atoms with E-state index in [1.165, 1.54) is 22.5 Å². The molecule has 1 aromatic heterocycles. The summed E-state index contributed by atoms with van der Waals surface area (Å²) < 4.78 is 48.0. The Morgan fingerprint density at radius 3 is 2.05 bits per heavy atom. The molecule has 1 aliphatic rings. The van der Waals surface area contributed by atoms with Gasteiger partial charge in [-0.3, -0.25) is 19.1 Å². The Balaban J connectivity index is 1.52. The van der Waals surface area contributed by atoms with Gasteiger partial charge in [-0.2, -0.15) is 0 Å². The second-order valence-electron chi connectivity index (χ2n) is 14.6. The number of methoxy groups -OCH3 is 2. The molecule has 1 saturated heterocycles. The van der Waals surface area contributed by atoms with Gasteiger partial charge in [0.1, 0.15) is 29.4 Å². The molecule has 1 N–H and O–H groups in total. The number of aromatic nitrogens is 2. The molecule has 4 aromatic rings. The maximum atomic E-state index is 13.3. The number of thioether (sulfide) groups is 1. The first kappa shape index (κ1) is 46.2. The Kier molecular flexibility index (Phi) is 17.3. The van der Waals surface area contributed by atoms with Crippen LogP contribution in [0.4, 0.5) is 0 Å². The number of hydrogen-bond acceptors (Lipinski definition) is 12. The predicted octanol–water partition coefficient (Wildman–Crippen LogP) is 7.59. The molecule has 3 aromatic carbocycles. The summed E-state index contributed by atoms with van der Waals surface area (Å²) in [5, 5.41) is 0.134. The van der Waals surface area contributed by atoms with Crippen LogP contribution in [-0.4, -0.2) is 90.0 Å². The highest BCUT2D eigenvalue weighted by molar-refractivity contribution is 8.13. The molecule has 0 bridgehead atoms. The second-order valence-corrected chi connectivity index (χ2v) is 17.2. The first-order valence-corrected chi connectivity index (χ1v) is 22.1. The van der Waals surface area contributed by atoms with Gasteiger partial charge in [0, 0.05) is 42.4 Å². The minimum absolute atomic E-state index is 0.0367. The van der Waals surface area contributed by atoms with Gasteiger partial charge in [0.2, 0.25) is 0 Å². The molecule has 1 fully saturated rings. The van der Waals surface area contributed by atoms with Crippen LogP contribution in [0, 0.1) is 6.92 Å². The monoisotopic (exact) mass is 851 g/mol. The normalized spacial score (nSPS) is 17.5. The Morgan fingerprint density at radius 1 is 0.898 bits per heavy atom. The zero-order chi connectivity index (χ0) is 42.5. The molecule has 2 heterocycles. The van der Waals surface area contributed by atoms with E-state index in [0.29, 0.717) is 42.4 Å². The zero-order valence-corrected chi connectivity index (χ0v) is 37.0. The van der Waals surface area contributed by atoms with Crippen LogP contribution >= 0.6 is 20.3 Å². The molecule has 320 valence electrons. The Morgan fingerprint density at radius 2 is 1.49 bits per heavy atom. The third-order valence-corrected chi connectivity index (χ3v) is 13.1. The van der Waals surface area contributed by atoms with Gasteiger partial charge in [0.05, 0.1) is 46.8 Å². The van der Waals surface area contributed by atoms with Crippen molar-refractivity contribution in [2.45, 2.75) is 90.5 Å². The van der Waals surface area contributed by atoms with Crippen LogP contribution in [0.3, 0.4) is 0 Å². The van der Waals surface area contributed by atoms with Gasteiger partial charge in [-0.05, 0) is 75.6 Å². The van der Waals surface area contributed by atoms with Crippen molar-refractivity contribution in [3.05, 3.63) is 128 Å². The van der Waals surface area contributed by atoms with Crippen molar-refractivity contribution in [1.29, 1.82) is 0 Å². The highest BCUT2D eigenvalue weighted by Gasteiger charge is 2.45. The first-order chi connectivity index (χ1) is 28.4. The highest BCUT2D eigenvalue weighted by Crippen LogP contribution is 2.50. The minimum atomic E-state index is -1.68. The topological polar surface area (TPSA) is 140 Å². The molecule has 0 amide bonds. The van der Waals surface area contributed by atoms with Crippen molar-refractivity contribution >= 4 is 25.4 Å². The van der Waals surface area contributed by atoms with Gasteiger partial charge in [0.15, 0.2) is 5.12 Å². The van der Waals surface area contributed by atoms with Crippen molar-refractivity contribution in [1.82, 2.24) is 14.2 Å². The molecule has 5 rings (SSSR count). The summed E-state index contributed by atoms with van der Waals surface area (Å²) in [5.74, 6) is 1.98. The average molecular weight is 852 g/mol. The number of carbonyl (C=O) groups excluding carboxylic acids is 1. The lowest BCUT2D eigenvalue weighted by atomic mass is 9.80. The number of benzene rings is 3. The molecule has 13 nitrogen and oxygen atoms in total. The minimum Gasteiger partial charge on any atom is -0.497 e. The van der Waals surface area contributed by atoms with Gasteiger partial charge in [-0.1, -0.05) is 73.3 Å². The van der Waals surface area contributed by atoms with Crippen molar-refractivity contribution in [2.24, 2.45) is 0 Å². The first-order valence-electron chi connectivity index (χ1n) is 20.0. The molecule has 1 unspecified atom stereocenters. The highest BCUT2D eigenvalue weighted by atomic mass is 32.2. The third-order valence-electron chi connectivity index (χ3n) is 9.96. The van der Waals surface area contributed by atoms with Crippen molar-refractivity contribution in [2.75, 3.05) is 46.4 Å². The van der Waals surface area contributed by atoms with Crippen LogP contribution in [0.15, 0.2) is 94.6 Å². The number of hydrogen-bond donors (Lipinski definition) is 1. The summed E-state index contributed by atoms with van der Waals surface area (Å²) in [6, 6.07) is 25.7. The molecule has 15 heteroatoms. The summed E-state index contributed by atoms with van der Waals surface area (Å²) in [6.45, 7) is 12.9. The number of H-pyrrole nitrogens is 1. The SMILES string of the molecule is CCC(=O)SCCOCCOP(O[C@H]1C[C@H](n2cc(C)c(=O)[nH]c2=O)O[C@@H]1COC(c1ccccc1)(c1ccc(OC)cc1)c1ccc(OC)cc1)N(C(C)C)C(C)C. The quantitative estimate of drug-likeness (QED) is 0.0474. The van der Waals surface area contributed by atoms with E-state index in [2.05, 4.69) is 37.3 Å². The number of ether oxygens (including phenoxy) is 5. The van der Waals surface area contributed by atoms with E-state index < -0.39 is 43.8 Å². The number of aromatic amines is 1. The second kappa shape index (κ2) is 22.1. The maximum Gasteiger partial charge on any atom is 0.330 e. The molecule has 0 spiro atoms. The van der Waals surface area contributed by atoms with E-state index in [4.69, 9.17) is 32.7 Å². The van der Waals surface area contributed by atoms with Gasteiger partial charge in [0.25, 0.3) is 14.1 Å². The average Bonchev–Trinajstić information content (AvgIpc) is 3.64. The third kappa shape index (κ3) is 11.7. The predicted molar refractivity (Wildman–Crippen MR) is 231 cm³/mol. The molecule has 0 aliphatic carbocycles. The number of aryl methyl sites for hydroxylation is 1. The van der Waals surface area contributed by atoms with E-state index in [1.807, 2.05) is 85.8 Å². The van der Waals surface area contributed by atoms with Crippen LogP contribution < -0.4 is 20.7 Å². The fourth-order valence-electron chi connectivity index (χ4n) is 7.05. The van der Waals surface area contributed by atoms with Crippen molar-refractivity contribution in [3.63, 3.8) is 0 Å². The fraction of sp³-hybridized carbons (Fsp3) is 0.477. The summed E-state index contributed by atoms with van der Waals surface area (Å²) >= 11 is 1.27. The summed E-state index contributed by atoms with van der Waals surface area (Å²) in [5.41, 5.74) is 0.776. The van der Waals surface area contributed by atoms with E-state index in [-0.39, 0.29) is 36.8 Å². The van der Waals surface area contributed by atoms with E-state index >= 15 is 0 Å². The molecule has 4 atom stereocenters. The van der Waals surface area contributed by atoms with Crippen LogP contribution in [0.2, 0.25) is 0 Å². The number of rotatable bonds is 22. The summed E-state index contributed by atoms with van der Waals surface area (Å²) in [7, 11) is 1.58. The maximum absolute atomic E-state index is 13.3. The van der Waals surface area contributed by atoms with E-state index in [1.54, 1.807) is 21.1 Å². The lowest BCUT2D eigenvalue weighted by molar-refractivity contribution is -0.110. The standard InChI is InChI=1S/C44H58N3O10PS/c1-9-41(48)59-26-25-53-23-24-55-58(47(30(2)3)31(4)5)57-38-27-40(46-28-32(6)42(49)45-43(46)50)56-39(38)29-54-44(33-13-11-10-12-14-33,34-15-19-36(51-7)20-16-34)35-17-21-37(52-8)22-18-35/h10-22,28,30-31,38-40H,9,23-27,29H2,1-8H3,(H,45,49,50)/t38-,39+,40+,58?/m0/s1. The number of carbonyl (C=O) groups is 1. The van der Waals surface area contributed by atoms with E-state index in [0.717, 1.165) is 16.7 Å². The molecule has 0 saturated carbocycles.